The van der Waals surface area contributed by atoms with Crippen molar-refractivity contribution in [2.75, 3.05) is 19.6 Å². The van der Waals surface area contributed by atoms with Gasteiger partial charge in [0.25, 0.3) is 0 Å². The van der Waals surface area contributed by atoms with Crippen LogP contribution in [-0.2, 0) is 11.2 Å². The molecule has 0 radical (unpaired) electrons. The zero-order valence-electron chi connectivity index (χ0n) is 14.9. The number of halogens is 1. The summed E-state index contributed by atoms with van der Waals surface area (Å²) in [5.74, 6) is -0.176. The molecule has 1 amide bonds. The Bertz CT molecular complexity index is 500. The van der Waals surface area contributed by atoms with Crippen LogP contribution >= 0.6 is 0 Å². The lowest BCUT2D eigenvalue weighted by molar-refractivity contribution is 0.0261. The normalized spacial score (nSPS) is 12.8. The Hall–Kier alpha value is -1.62. The van der Waals surface area contributed by atoms with Crippen molar-refractivity contribution in [2.24, 2.45) is 0 Å². The summed E-state index contributed by atoms with van der Waals surface area (Å²) in [6.45, 7) is 11.3. The molecule has 1 rings (SSSR count). The Morgan fingerprint density at radius 2 is 2.00 bits per heavy atom. The molecule has 0 spiro atoms. The van der Waals surface area contributed by atoms with Gasteiger partial charge in [-0.2, -0.15) is 0 Å². The maximum atomic E-state index is 13.6. The van der Waals surface area contributed by atoms with E-state index in [1.54, 1.807) is 17.0 Å². The number of likely N-dealkylation sites (N-methyl/N-ethyl adjacent to an activating group) is 1. The maximum Gasteiger partial charge on any atom is 0.410 e. The summed E-state index contributed by atoms with van der Waals surface area (Å²) in [6.07, 6.45) is 0.314. The number of rotatable bonds is 7. The first kappa shape index (κ1) is 19.4. The van der Waals surface area contributed by atoms with E-state index in [1.807, 2.05) is 40.7 Å². The molecule has 130 valence electrons. The van der Waals surface area contributed by atoms with E-state index in [0.717, 1.165) is 0 Å². The van der Waals surface area contributed by atoms with Crippen LogP contribution in [0.25, 0.3) is 0 Å². The van der Waals surface area contributed by atoms with Crippen LogP contribution in [0.1, 0.15) is 40.2 Å². The first-order chi connectivity index (χ1) is 10.7. The van der Waals surface area contributed by atoms with Crippen molar-refractivity contribution in [1.29, 1.82) is 0 Å². The molecule has 1 unspecified atom stereocenters. The lowest BCUT2D eigenvalue weighted by Gasteiger charge is -2.27. The monoisotopic (exact) mass is 324 g/mol. The molecule has 0 fully saturated rings. The summed E-state index contributed by atoms with van der Waals surface area (Å²) in [6, 6.07) is 6.93. The fourth-order valence-electron chi connectivity index (χ4n) is 2.22. The average molecular weight is 324 g/mol. The van der Waals surface area contributed by atoms with Gasteiger partial charge in [0.15, 0.2) is 0 Å². The predicted octanol–water partition coefficient (Wildman–Crippen LogP) is 3.60. The van der Waals surface area contributed by atoms with Gasteiger partial charge in [0.2, 0.25) is 0 Å². The van der Waals surface area contributed by atoms with Gasteiger partial charge in [0.05, 0.1) is 0 Å². The zero-order valence-corrected chi connectivity index (χ0v) is 14.9. The fraction of sp³-hybridized carbons (Fsp3) is 0.611. The minimum Gasteiger partial charge on any atom is -0.444 e. The van der Waals surface area contributed by atoms with E-state index in [4.69, 9.17) is 4.74 Å². The van der Waals surface area contributed by atoms with E-state index < -0.39 is 5.60 Å². The standard InChI is InChI=1S/C18H29FN2O2/c1-6-21(17(22)23-18(3,4)5)12-11-20-14(2)13-15-9-7-8-10-16(15)19/h7-10,14,20H,6,11-13H2,1-5H3. The number of hydrogen-bond donors (Lipinski definition) is 1. The van der Waals surface area contributed by atoms with Crippen LogP contribution in [0.4, 0.5) is 9.18 Å². The summed E-state index contributed by atoms with van der Waals surface area (Å²) in [4.78, 5) is 13.7. The molecule has 1 atom stereocenters. The molecule has 1 aromatic carbocycles. The van der Waals surface area contributed by atoms with Gasteiger partial charge in [0, 0.05) is 25.7 Å². The first-order valence-electron chi connectivity index (χ1n) is 8.17. The van der Waals surface area contributed by atoms with Crippen LogP contribution in [0.2, 0.25) is 0 Å². The van der Waals surface area contributed by atoms with Gasteiger partial charge in [0.1, 0.15) is 11.4 Å². The molecular weight excluding hydrogens is 295 g/mol. The second-order valence-corrected chi connectivity index (χ2v) is 6.71. The summed E-state index contributed by atoms with van der Waals surface area (Å²) >= 11 is 0. The molecule has 0 saturated heterocycles. The molecule has 0 aromatic heterocycles. The van der Waals surface area contributed by atoms with Crippen LogP contribution in [0.15, 0.2) is 24.3 Å². The number of ether oxygens (including phenoxy) is 1. The highest BCUT2D eigenvalue weighted by atomic mass is 19.1. The number of carbonyl (C=O) groups is 1. The lowest BCUT2D eigenvalue weighted by atomic mass is 10.1. The molecular formula is C18H29FN2O2. The number of nitrogens with zero attached hydrogens (tertiary/aromatic N) is 1. The molecule has 4 nitrogen and oxygen atoms in total. The second kappa shape index (κ2) is 8.87. The van der Waals surface area contributed by atoms with E-state index in [-0.39, 0.29) is 18.0 Å². The summed E-state index contributed by atoms with van der Waals surface area (Å²) in [7, 11) is 0. The van der Waals surface area contributed by atoms with Gasteiger partial charge < -0.3 is 15.0 Å². The minimum atomic E-state index is -0.490. The van der Waals surface area contributed by atoms with Crippen LogP contribution in [-0.4, -0.2) is 42.3 Å². The third kappa shape index (κ3) is 7.46. The van der Waals surface area contributed by atoms with Crippen molar-refractivity contribution in [1.82, 2.24) is 10.2 Å². The van der Waals surface area contributed by atoms with E-state index in [9.17, 15) is 9.18 Å². The molecule has 1 N–H and O–H groups in total. The van der Waals surface area contributed by atoms with Gasteiger partial charge in [-0.25, -0.2) is 9.18 Å². The number of nitrogens with one attached hydrogen (secondary N) is 1. The van der Waals surface area contributed by atoms with E-state index in [0.29, 0.717) is 31.6 Å². The van der Waals surface area contributed by atoms with Crippen LogP contribution in [0.5, 0.6) is 0 Å². The quantitative estimate of drug-likeness (QED) is 0.833. The van der Waals surface area contributed by atoms with Crippen LogP contribution in [0.3, 0.4) is 0 Å². The van der Waals surface area contributed by atoms with Gasteiger partial charge in [-0.15, -0.1) is 0 Å². The van der Waals surface area contributed by atoms with Crippen molar-refractivity contribution < 1.29 is 13.9 Å². The molecule has 23 heavy (non-hydrogen) atoms. The second-order valence-electron chi connectivity index (χ2n) is 6.71. The molecule has 0 saturated carbocycles. The average Bonchev–Trinajstić information content (AvgIpc) is 2.44. The molecule has 0 aliphatic carbocycles. The smallest absolute Gasteiger partial charge is 0.410 e. The zero-order chi connectivity index (χ0) is 17.5. The molecule has 1 aromatic rings. The fourth-order valence-corrected chi connectivity index (χ4v) is 2.22. The van der Waals surface area contributed by atoms with Crippen molar-refractivity contribution in [3.8, 4) is 0 Å². The van der Waals surface area contributed by atoms with Crippen LogP contribution < -0.4 is 5.32 Å². The van der Waals surface area contributed by atoms with Crippen molar-refractivity contribution >= 4 is 6.09 Å². The van der Waals surface area contributed by atoms with Crippen LogP contribution in [0, 0.1) is 5.82 Å². The SMILES string of the molecule is CCN(CCNC(C)Cc1ccccc1F)C(=O)OC(C)(C)C. The Balaban J connectivity index is 2.39. The largest absolute Gasteiger partial charge is 0.444 e. The Morgan fingerprint density at radius 1 is 1.35 bits per heavy atom. The van der Waals surface area contributed by atoms with Crippen molar-refractivity contribution in [3.63, 3.8) is 0 Å². The van der Waals surface area contributed by atoms with Gasteiger partial charge in [-0.3, -0.25) is 0 Å². The Morgan fingerprint density at radius 3 is 2.57 bits per heavy atom. The van der Waals surface area contributed by atoms with E-state index in [2.05, 4.69) is 5.32 Å². The predicted molar refractivity (Wildman–Crippen MR) is 91.0 cm³/mol. The van der Waals surface area contributed by atoms with Gasteiger partial charge >= 0.3 is 6.09 Å². The number of hydrogen-bond acceptors (Lipinski definition) is 3. The Kier molecular flexibility index (Phi) is 7.49. The van der Waals surface area contributed by atoms with E-state index in [1.165, 1.54) is 6.07 Å². The highest BCUT2D eigenvalue weighted by molar-refractivity contribution is 5.68. The third-order valence-corrected chi connectivity index (χ3v) is 3.39. The molecule has 0 aliphatic rings. The van der Waals surface area contributed by atoms with Crippen molar-refractivity contribution in [2.45, 2.75) is 52.7 Å². The highest BCUT2D eigenvalue weighted by Crippen LogP contribution is 2.10. The first-order valence-corrected chi connectivity index (χ1v) is 8.17. The number of amides is 1. The number of benzene rings is 1. The molecule has 0 bridgehead atoms. The van der Waals surface area contributed by atoms with Gasteiger partial charge in [-0.05, 0) is 52.7 Å². The van der Waals surface area contributed by atoms with E-state index >= 15 is 0 Å². The molecule has 5 heteroatoms. The highest BCUT2D eigenvalue weighted by Gasteiger charge is 2.20. The molecule has 0 aliphatic heterocycles. The minimum absolute atomic E-state index is 0.129. The topological polar surface area (TPSA) is 41.6 Å². The number of carbonyl (C=O) groups excluding carboxylic acids is 1. The van der Waals surface area contributed by atoms with Crippen molar-refractivity contribution in [3.05, 3.63) is 35.6 Å². The Labute approximate surface area is 139 Å². The summed E-state index contributed by atoms with van der Waals surface area (Å²) in [5.41, 5.74) is 0.211. The summed E-state index contributed by atoms with van der Waals surface area (Å²) < 4.78 is 19.0. The van der Waals surface area contributed by atoms with Gasteiger partial charge in [-0.1, -0.05) is 18.2 Å². The summed E-state index contributed by atoms with van der Waals surface area (Å²) in [5, 5.41) is 3.32. The lowest BCUT2D eigenvalue weighted by Crippen LogP contribution is -2.42. The third-order valence-electron chi connectivity index (χ3n) is 3.39. The maximum absolute atomic E-state index is 13.6. The molecule has 0 heterocycles.